The molecule has 0 spiro atoms. The van der Waals surface area contributed by atoms with Crippen molar-refractivity contribution in [1.82, 2.24) is 4.90 Å². The first-order valence-electron chi connectivity index (χ1n) is 7.54. The van der Waals surface area contributed by atoms with E-state index in [0.717, 1.165) is 6.61 Å². The molecule has 2 saturated heterocycles. The van der Waals surface area contributed by atoms with Crippen LogP contribution in [0, 0.1) is 0 Å². The average molecular weight is 256 g/mol. The Morgan fingerprint density at radius 1 is 1.22 bits per heavy atom. The summed E-state index contributed by atoms with van der Waals surface area (Å²) in [5.74, 6) is 0. The van der Waals surface area contributed by atoms with Crippen LogP contribution in [-0.4, -0.2) is 56.5 Å². The normalized spacial score (nSPS) is 26.8. The van der Waals surface area contributed by atoms with Gasteiger partial charge in [-0.15, -0.1) is 0 Å². The molecule has 4 heteroatoms. The lowest BCUT2D eigenvalue weighted by molar-refractivity contribution is 0.0102. The van der Waals surface area contributed by atoms with Gasteiger partial charge in [0.05, 0.1) is 18.8 Å². The van der Waals surface area contributed by atoms with Crippen LogP contribution in [0.15, 0.2) is 0 Å². The summed E-state index contributed by atoms with van der Waals surface area (Å²) in [5, 5.41) is 0. The van der Waals surface area contributed by atoms with Crippen molar-refractivity contribution in [2.75, 3.05) is 39.4 Å². The average Bonchev–Trinajstić information content (AvgIpc) is 2.91. The van der Waals surface area contributed by atoms with Gasteiger partial charge in [0.1, 0.15) is 0 Å². The van der Waals surface area contributed by atoms with Gasteiger partial charge in [-0.05, 0) is 45.1 Å². The van der Waals surface area contributed by atoms with E-state index < -0.39 is 0 Å². The van der Waals surface area contributed by atoms with Crippen LogP contribution < -0.4 is 5.73 Å². The topological polar surface area (TPSA) is 47.7 Å². The molecule has 0 aromatic heterocycles. The second kappa shape index (κ2) is 8.10. The maximum atomic E-state index is 5.69. The Balaban J connectivity index is 1.50. The van der Waals surface area contributed by atoms with Gasteiger partial charge < -0.3 is 20.1 Å². The van der Waals surface area contributed by atoms with Crippen LogP contribution in [-0.2, 0) is 9.47 Å². The first-order chi connectivity index (χ1) is 8.88. The number of piperidine rings is 1. The standard InChI is InChI=1S/C14H28N2O2/c15-7-12-18-14-5-9-16(10-6-14)8-1-3-13-4-2-11-17-13/h13-14H,1-12,15H2. The van der Waals surface area contributed by atoms with Gasteiger partial charge in [0, 0.05) is 26.2 Å². The Morgan fingerprint density at radius 3 is 2.72 bits per heavy atom. The minimum atomic E-state index is 0.447. The van der Waals surface area contributed by atoms with Crippen molar-refractivity contribution in [2.45, 2.75) is 50.7 Å². The summed E-state index contributed by atoms with van der Waals surface area (Å²) >= 11 is 0. The van der Waals surface area contributed by atoms with Crippen molar-refractivity contribution in [3.05, 3.63) is 0 Å². The SMILES string of the molecule is NCCOC1CCN(CCCC2CCCO2)CC1. The van der Waals surface area contributed by atoms with E-state index >= 15 is 0 Å². The van der Waals surface area contributed by atoms with Crippen molar-refractivity contribution in [1.29, 1.82) is 0 Å². The molecule has 0 radical (unpaired) electrons. The summed E-state index contributed by atoms with van der Waals surface area (Å²) in [5.41, 5.74) is 5.45. The van der Waals surface area contributed by atoms with Gasteiger partial charge in [-0.25, -0.2) is 0 Å². The van der Waals surface area contributed by atoms with Crippen LogP contribution in [0.3, 0.4) is 0 Å². The van der Waals surface area contributed by atoms with Crippen LogP contribution in [0.2, 0.25) is 0 Å². The number of rotatable bonds is 7. The molecule has 2 aliphatic heterocycles. The molecule has 0 aromatic rings. The van der Waals surface area contributed by atoms with E-state index in [1.807, 2.05) is 0 Å². The molecule has 2 heterocycles. The van der Waals surface area contributed by atoms with Gasteiger partial charge in [0.15, 0.2) is 0 Å². The van der Waals surface area contributed by atoms with E-state index in [0.29, 0.717) is 25.4 Å². The van der Waals surface area contributed by atoms with Crippen LogP contribution >= 0.6 is 0 Å². The summed E-state index contributed by atoms with van der Waals surface area (Å²) in [6.07, 6.45) is 8.38. The molecule has 106 valence electrons. The highest BCUT2D eigenvalue weighted by atomic mass is 16.5. The van der Waals surface area contributed by atoms with E-state index in [1.165, 1.54) is 58.2 Å². The first kappa shape index (κ1) is 14.3. The monoisotopic (exact) mass is 256 g/mol. The highest BCUT2D eigenvalue weighted by molar-refractivity contribution is 4.73. The van der Waals surface area contributed by atoms with E-state index in [-0.39, 0.29) is 0 Å². The molecule has 1 atom stereocenters. The number of nitrogens with zero attached hydrogens (tertiary/aromatic N) is 1. The Hall–Kier alpha value is -0.160. The summed E-state index contributed by atoms with van der Waals surface area (Å²) in [6, 6.07) is 0. The third-order valence-electron chi connectivity index (χ3n) is 4.03. The highest BCUT2D eigenvalue weighted by Crippen LogP contribution is 2.18. The Labute approximate surface area is 111 Å². The van der Waals surface area contributed by atoms with Crippen molar-refractivity contribution < 1.29 is 9.47 Å². The third kappa shape index (κ3) is 4.84. The van der Waals surface area contributed by atoms with Gasteiger partial charge in [-0.2, -0.15) is 0 Å². The zero-order valence-electron chi connectivity index (χ0n) is 11.5. The minimum absolute atomic E-state index is 0.447. The molecule has 0 amide bonds. The molecule has 2 rings (SSSR count). The Bertz CT molecular complexity index is 212. The molecule has 0 bridgehead atoms. The largest absolute Gasteiger partial charge is 0.378 e. The number of hydrogen-bond donors (Lipinski definition) is 1. The Kier molecular flexibility index (Phi) is 6.41. The predicted molar refractivity (Wildman–Crippen MR) is 72.7 cm³/mol. The van der Waals surface area contributed by atoms with E-state index in [2.05, 4.69) is 4.90 Å². The molecule has 1 unspecified atom stereocenters. The van der Waals surface area contributed by atoms with Gasteiger partial charge in [-0.3, -0.25) is 0 Å². The van der Waals surface area contributed by atoms with Crippen molar-refractivity contribution in [3.63, 3.8) is 0 Å². The Morgan fingerprint density at radius 2 is 2.06 bits per heavy atom. The molecular weight excluding hydrogens is 228 g/mol. The molecule has 0 aromatic carbocycles. The zero-order chi connectivity index (χ0) is 12.6. The zero-order valence-corrected chi connectivity index (χ0v) is 11.5. The van der Waals surface area contributed by atoms with Crippen LogP contribution in [0.1, 0.15) is 38.5 Å². The smallest absolute Gasteiger partial charge is 0.0600 e. The lowest BCUT2D eigenvalue weighted by atomic mass is 10.1. The maximum absolute atomic E-state index is 5.69. The van der Waals surface area contributed by atoms with E-state index in [1.54, 1.807) is 0 Å². The molecule has 0 aliphatic carbocycles. The second-order valence-corrected chi connectivity index (χ2v) is 5.48. The van der Waals surface area contributed by atoms with Gasteiger partial charge in [0.2, 0.25) is 0 Å². The minimum Gasteiger partial charge on any atom is -0.378 e. The lowest BCUT2D eigenvalue weighted by Crippen LogP contribution is -2.38. The quantitative estimate of drug-likeness (QED) is 0.748. The number of likely N-dealkylation sites (tertiary alicyclic amines) is 1. The van der Waals surface area contributed by atoms with E-state index in [4.69, 9.17) is 15.2 Å². The molecule has 18 heavy (non-hydrogen) atoms. The fraction of sp³-hybridized carbons (Fsp3) is 1.00. The summed E-state index contributed by atoms with van der Waals surface area (Å²) < 4.78 is 11.3. The third-order valence-corrected chi connectivity index (χ3v) is 4.03. The molecule has 4 nitrogen and oxygen atoms in total. The highest BCUT2D eigenvalue weighted by Gasteiger charge is 2.20. The molecule has 2 fully saturated rings. The van der Waals surface area contributed by atoms with Gasteiger partial charge in [-0.1, -0.05) is 0 Å². The van der Waals surface area contributed by atoms with Crippen molar-refractivity contribution in [3.8, 4) is 0 Å². The fourth-order valence-corrected chi connectivity index (χ4v) is 2.95. The summed E-state index contributed by atoms with van der Waals surface area (Å²) in [7, 11) is 0. The molecule has 2 aliphatic rings. The number of hydrogen-bond acceptors (Lipinski definition) is 4. The van der Waals surface area contributed by atoms with Crippen LogP contribution in [0.5, 0.6) is 0 Å². The van der Waals surface area contributed by atoms with Crippen LogP contribution in [0.4, 0.5) is 0 Å². The predicted octanol–water partition coefficient (Wildman–Crippen LogP) is 1.39. The number of ether oxygens (including phenoxy) is 2. The van der Waals surface area contributed by atoms with Crippen LogP contribution in [0.25, 0.3) is 0 Å². The van der Waals surface area contributed by atoms with Crippen molar-refractivity contribution >= 4 is 0 Å². The lowest BCUT2D eigenvalue weighted by Gasteiger charge is -2.32. The molecule has 0 saturated carbocycles. The summed E-state index contributed by atoms with van der Waals surface area (Å²) in [4.78, 5) is 2.57. The molecule has 2 N–H and O–H groups in total. The van der Waals surface area contributed by atoms with Crippen molar-refractivity contribution in [2.24, 2.45) is 5.73 Å². The fourth-order valence-electron chi connectivity index (χ4n) is 2.95. The van der Waals surface area contributed by atoms with E-state index in [9.17, 15) is 0 Å². The van der Waals surface area contributed by atoms with Gasteiger partial charge in [0.25, 0.3) is 0 Å². The number of nitrogens with two attached hydrogens (primary N) is 1. The summed E-state index contributed by atoms with van der Waals surface area (Å²) in [6.45, 7) is 5.92. The van der Waals surface area contributed by atoms with Gasteiger partial charge >= 0.3 is 0 Å². The maximum Gasteiger partial charge on any atom is 0.0600 e. The second-order valence-electron chi connectivity index (χ2n) is 5.48. The first-order valence-corrected chi connectivity index (χ1v) is 7.54. The molecular formula is C14H28N2O2.